The summed E-state index contributed by atoms with van der Waals surface area (Å²) in [6.45, 7) is 1.94. The first kappa shape index (κ1) is 16.4. The number of nitrogens with zero attached hydrogens (tertiary/aromatic N) is 2. The van der Waals surface area contributed by atoms with E-state index in [9.17, 15) is 13.2 Å². The smallest absolute Gasteiger partial charge is 0.256 e. The van der Waals surface area contributed by atoms with E-state index >= 15 is 0 Å². The highest BCUT2D eigenvalue weighted by Crippen LogP contribution is 2.18. The zero-order chi connectivity index (χ0) is 16.6. The fourth-order valence-electron chi connectivity index (χ4n) is 2.62. The first-order valence-electron chi connectivity index (χ1n) is 7.12. The van der Waals surface area contributed by atoms with Gasteiger partial charge in [-0.3, -0.25) is 14.7 Å². The molecule has 1 N–H and O–H groups in total. The van der Waals surface area contributed by atoms with Crippen molar-refractivity contribution in [3.05, 3.63) is 55.9 Å². The van der Waals surface area contributed by atoms with Crippen molar-refractivity contribution in [1.29, 1.82) is 0 Å². The molecule has 1 aliphatic heterocycles. The molecule has 0 unspecified atom stereocenters. The highest BCUT2D eigenvalue weighted by atomic mass is 79.9. The normalized spacial score (nSPS) is 15.4. The molecule has 1 aliphatic rings. The highest BCUT2D eigenvalue weighted by molar-refractivity contribution is 9.10. The third kappa shape index (κ3) is 3.70. The van der Waals surface area contributed by atoms with Crippen molar-refractivity contribution >= 4 is 25.8 Å². The Morgan fingerprint density at radius 2 is 2.00 bits per heavy atom. The fraction of sp³-hybridized carbons (Fsp3) is 0.333. The summed E-state index contributed by atoms with van der Waals surface area (Å²) in [7, 11) is -3.51. The van der Waals surface area contributed by atoms with Crippen molar-refractivity contribution < 1.29 is 8.42 Å². The summed E-state index contributed by atoms with van der Waals surface area (Å²) in [6, 6.07) is 8.05. The van der Waals surface area contributed by atoms with Gasteiger partial charge in [0.2, 0.25) is 15.0 Å². The summed E-state index contributed by atoms with van der Waals surface area (Å²) in [6.07, 6.45) is 1.61. The van der Waals surface area contributed by atoms with Crippen LogP contribution >= 0.6 is 15.9 Å². The topological polar surface area (TPSA) is 83.1 Å². The monoisotopic (exact) mass is 397 g/mol. The molecule has 2 heterocycles. The van der Waals surface area contributed by atoms with Crippen LogP contribution in [0.15, 0.2) is 38.7 Å². The molecule has 0 fully saturated rings. The number of nitrogens with one attached hydrogen (secondary N) is 1. The number of halogens is 1. The van der Waals surface area contributed by atoms with Gasteiger partial charge in [-0.1, -0.05) is 28.1 Å². The average molecular weight is 398 g/mol. The lowest BCUT2D eigenvalue weighted by Gasteiger charge is -2.27. The predicted octanol–water partition coefficient (Wildman–Crippen LogP) is 1.49. The second-order valence-electron chi connectivity index (χ2n) is 5.66. The van der Waals surface area contributed by atoms with E-state index in [1.165, 1.54) is 0 Å². The summed E-state index contributed by atoms with van der Waals surface area (Å²) < 4.78 is 24.1. The summed E-state index contributed by atoms with van der Waals surface area (Å²) in [5.41, 5.74) is 1.94. The zero-order valence-corrected chi connectivity index (χ0v) is 14.9. The number of benzene rings is 1. The van der Waals surface area contributed by atoms with Gasteiger partial charge in [0, 0.05) is 36.8 Å². The third-order valence-corrected chi connectivity index (χ3v) is 5.22. The van der Waals surface area contributed by atoms with Gasteiger partial charge in [-0.2, -0.15) is 0 Å². The van der Waals surface area contributed by atoms with Crippen LogP contribution in [0.4, 0.5) is 0 Å². The molecule has 0 bridgehead atoms. The molecule has 3 rings (SSSR count). The Morgan fingerprint density at radius 3 is 2.65 bits per heavy atom. The van der Waals surface area contributed by atoms with E-state index in [0.29, 0.717) is 24.2 Å². The summed E-state index contributed by atoms with van der Waals surface area (Å²) in [4.78, 5) is 20.8. The van der Waals surface area contributed by atoms with E-state index in [1.54, 1.807) is 0 Å². The number of aromatic amines is 1. The van der Waals surface area contributed by atoms with Gasteiger partial charge in [-0.15, -0.1) is 0 Å². The molecule has 0 spiro atoms. The molecule has 122 valence electrons. The minimum absolute atomic E-state index is 0.248. The Morgan fingerprint density at radius 1 is 1.30 bits per heavy atom. The lowest BCUT2D eigenvalue weighted by Crippen LogP contribution is -2.36. The number of hydrogen-bond acceptors (Lipinski definition) is 5. The highest BCUT2D eigenvalue weighted by Gasteiger charge is 2.23. The first-order chi connectivity index (χ1) is 10.8. The average Bonchev–Trinajstić information content (AvgIpc) is 2.49. The van der Waals surface area contributed by atoms with Crippen molar-refractivity contribution in [2.45, 2.75) is 24.7 Å². The molecule has 23 heavy (non-hydrogen) atoms. The van der Waals surface area contributed by atoms with Crippen LogP contribution in [0.1, 0.15) is 16.8 Å². The van der Waals surface area contributed by atoms with Gasteiger partial charge in [-0.25, -0.2) is 13.4 Å². The number of H-pyrrole nitrogens is 1. The lowest BCUT2D eigenvalue weighted by molar-refractivity contribution is 0.241. The lowest BCUT2D eigenvalue weighted by atomic mass is 10.1. The van der Waals surface area contributed by atoms with E-state index in [4.69, 9.17) is 0 Å². The van der Waals surface area contributed by atoms with Gasteiger partial charge in [0.25, 0.3) is 5.56 Å². The Balaban J connectivity index is 1.84. The largest absolute Gasteiger partial charge is 0.297 e. The molecule has 6 nitrogen and oxygen atoms in total. The maximum Gasteiger partial charge on any atom is 0.256 e. The Hall–Kier alpha value is -1.51. The maximum absolute atomic E-state index is 12.2. The SMILES string of the molecule is CS(=O)(=O)c1nc2c(c(=O)[nH]1)CN(Cc1ccc(Br)cc1)CC2. The quantitative estimate of drug-likeness (QED) is 0.793. The minimum atomic E-state index is -3.51. The van der Waals surface area contributed by atoms with Gasteiger partial charge in [0.1, 0.15) is 0 Å². The predicted molar refractivity (Wildman–Crippen MR) is 89.9 cm³/mol. The van der Waals surface area contributed by atoms with E-state index in [0.717, 1.165) is 29.4 Å². The molecule has 0 aliphatic carbocycles. The molecule has 1 aromatic heterocycles. The molecular formula is C15H16BrN3O3S. The molecule has 0 atom stereocenters. The van der Waals surface area contributed by atoms with Gasteiger partial charge < -0.3 is 0 Å². The number of fused-ring (bicyclic) bond motifs is 1. The van der Waals surface area contributed by atoms with Gasteiger partial charge in [-0.05, 0) is 17.7 Å². The van der Waals surface area contributed by atoms with Crippen LogP contribution in [0, 0.1) is 0 Å². The van der Waals surface area contributed by atoms with Gasteiger partial charge in [0.15, 0.2) is 0 Å². The minimum Gasteiger partial charge on any atom is -0.297 e. The van der Waals surface area contributed by atoms with Crippen LogP contribution < -0.4 is 5.56 Å². The van der Waals surface area contributed by atoms with Crippen LogP contribution in [0.5, 0.6) is 0 Å². The Bertz CT molecular complexity index is 891. The molecule has 0 radical (unpaired) electrons. The van der Waals surface area contributed by atoms with E-state index in [1.807, 2.05) is 24.3 Å². The maximum atomic E-state index is 12.2. The van der Waals surface area contributed by atoms with Gasteiger partial charge >= 0.3 is 0 Å². The molecule has 8 heteroatoms. The number of hydrogen-bond donors (Lipinski definition) is 1. The van der Waals surface area contributed by atoms with Crippen molar-refractivity contribution in [3.8, 4) is 0 Å². The molecule has 2 aromatic rings. The molecule has 0 amide bonds. The summed E-state index contributed by atoms with van der Waals surface area (Å²) in [5, 5.41) is -0.248. The van der Waals surface area contributed by atoms with Crippen LogP contribution in [0.2, 0.25) is 0 Å². The van der Waals surface area contributed by atoms with Crippen molar-refractivity contribution in [1.82, 2.24) is 14.9 Å². The van der Waals surface area contributed by atoms with Crippen LogP contribution in [0.3, 0.4) is 0 Å². The summed E-state index contributed by atoms with van der Waals surface area (Å²) >= 11 is 3.41. The van der Waals surface area contributed by atoms with Crippen molar-refractivity contribution in [2.75, 3.05) is 12.8 Å². The Labute approximate surface area is 142 Å². The Kier molecular flexibility index (Phi) is 4.39. The molecule has 1 aromatic carbocycles. The van der Waals surface area contributed by atoms with Crippen LogP contribution in [0.25, 0.3) is 0 Å². The molecule has 0 saturated heterocycles. The fourth-order valence-corrected chi connectivity index (χ4v) is 3.44. The second kappa shape index (κ2) is 6.18. The van der Waals surface area contributed by atoms with E-state index in [-0.39, 0.29) is 10.7 Å². The third-order valence-electron chi connectivity index (χ3n) is 3.80. The number of sulfone groups is 1. The number of rotatable bonds is 3. The van der Waals surface area contributed by atoms with Crippen LogP contribution in [-0.4, -0.2) is 36.1 Å². The van der Waals surface area contributed by atoms with Crippen molar-refractivity contribution in [3.63, 3.8) is 0 Å². The first-order valence-corrected chi connectivity index (χ1v) is 9.80. The van der Waals surface area contributed by atoms with E-state index < -0.39 is 9.84 Å². The van der Waals surface area contributed by atoms with Gasteiger partial charge in [0.05, 0.1) is 11.3 Å². The number of aromatic nitrogens is 2. The molecular weight excluding hydrogens is 382 g/mol. The molecule has 0 saturated carbocycles. The summed E-state index contributed by atoms with van der Waals surface area (Å²) in [5.74, 6) is 0. The zero-order valence-electron chi connectivity index (χ0n) is 12.5. The van der Waals surface area contributed by atoms with Crippen molar-refractivity contribution in [2.24, 2.45) is 0 Å². The van der Waals surface area contributed by atoms with Crippen LogP contribution in [-0.2, 0) is 29.3 Å². The second-order valence-corrected chi connectivity index (χ2v) is 8.50. The standard InChI is InChI=1S/C15H16BrN3O3S/c1-23(21,22)15-17-13-6-7-19(9-12(13)14(20)18-15)8-10-2-4-11(16)5-3-10/h2-5H,6-9H2,1H3,(H,17,18,20). The van der Waals surface area contributed by atoms with E-state index in [2.05, 4.69) is 30.8 Å².